The van der Waals surface area contributed by atoms with Crippen LogP contribution in [0.5, 0.6) is 0 Å². The van der Waals surface area contributed by atoms with Crippen LogP contribution in [0.15, 0.2) is 30.9 Å². The van der Waals surface area contributed by atoms with E-state index in [4.69, 9.17) is 0 Å². The molecule has 0 amide bonds. The molecule has 0 radical (unpaired) electrons. The fourth-order valence-electron chi connectivity index (χ4n) is 1.51. The van der Waals surface area contributed by atoms with Crippen molar-refractivity contribution in [2.45, 2.75) is 6.23 Å². The van der Waals surface area contributed by atoms with E-state index in [1.54, 1.807) is 0 Å². The van der Waals surface area contributed by atoms with Gasteiger partial charge in [0.05, 0.1) is 21.5 Å². The van der Waals surface area contributed by atoms with Gasteiger partial charge in [0, 0.05) is 6.07 Å². The monoisotopic (exact) mass is 280 g/mol. The lowest BCUT2D eigenvalue weighted by atomic mass is 10.1. The molecule has 104 valence electrons. The Morgan fingerprint density at radius 2 is 1.85 bits per heavy atom. The number of hydrogen-bond acceptors (Lipinski definition) is 8. The van der Waals surface area contributed by atoms with Crippen LogP contribution < -0.4 is 5.43 Å². The summed E-state index contributed by atoms with van der Waals surface area (Å²) in [6.07, 6.45) is 1.02. The van der Waals surface area contributed by atoms with Crippen LogP contribution in [-0.4, -0.2) is 29.8 Å². The minimum atomic E-state index is -1.45. The summed E-state index contributed by atoms with van der Waals surface area (Å²) in [6.45, 7) is 0. The van der Waals surface area contributed by atoms with Gasteiger partial charge in [-0.2, -0.15) is 0 Å². The minimum absolute atomic E-state index is 0.116. The number of aliphatic hydroxyl groups excluding tert-OH is 1. The Hall–Kier alpha value is -3.08. The zero-order chi connectivity index (χ0) is 14.7. The summed E-state index contributed by atoms with van der Waals surface area (Å²) in [6, 6.07) is 2.96. The molecular weight excluding hydrogens is 272 g/mol. The van der Waals surface area contributed by atoms with Crippen molar-refractivity contribution >= 4 is 11.4 Å². The van der Waals surface area contributed by atoms with Crippen molar-refractivity contribution in [1.82, 2.24) is 14.9 Å². The molecule has 2 aromatic rings. The van der Waals surface area contributed by atoms with Crippen LogP contribution in [0.2, 0.25) is 0 Å². The quantitative estimate of drug-likeness (QED) is 0.452. The standard InChI is InChI=1S/C9H8N6O5/c16-9(12-13-4-10-11-5-13)7-2-1-6(14(17)18)3-8(7)15(19)20/h1-5,9,12,16H/t9-/m1/s1. The summed E-state index contributed by atoms with van der Waals surface area (Å²) in [4.78, 5) is 20.0. The Labute approximate surface area is 110 Å². The maximum atomic E-state index is 10.9. The van der Waals surface area contributed by atoms with Crippen molar-refractivity contribution in [3.05, 3.63) is 56.6 Å². The van der Waals surface area contributed by atoms with Crippen molar-refractivity contribution in [3.63, 3.8) is 0 Å². The Kier molecular flexibility index (Phi) is 3.52. The highest BCUT2D eigenvalue weighted by atomic mass is 16.6. The van der Waals surface area contributed by atoms with Gasteiger partial charge in [-0.15, -0.1) is 10.2 Å². The molecule has 0 unspecified atom stereocenters. The molecule has 0 aliphatic rings. The van der Waals surface area contributed by atoms with Crippen LogP contribution >= 0.6 is 0 Å². The number of nitrogens with zero attached hydrogens (tertiary/aromatic N) is 5. The number of aromatic nitrogens is 3. The molecule has 1 aromatic carbocycles. The number of hydrogen-bond donors (Lipinski definition) is 2. The molecule has 2 rings (SSSR count). The topological polar surface area (TPSA) is 149 Å². The number of aliphatic hydroxyl groups is 1. The van der Waals surface area contributed by atoms with Crippen molar-refractivity contribution in [1.29, 1.82) is 0 Å². The number of nitro benzene ring substituents is 2. The average molecular weight is 280 g/mol. The molecule has 1 aromatic heterocycles. The molecule has 0 aliphatic carbocycles. The van der Waals surface area contributed by atoms with E-state index in [1.807, 2.05) is 0 Å². The SMILES string of the molecule is O=[N+]([O-])c1ccc([C@@H](O)Nn2cnnc2)c([N+](=O)[O-])c1. The second-order valence-corrected chi connectivity index (χ2v) is 3.66. The van der Waals surface area contributed by atoms with E-state index >= 15 is 0 Å². The van der Waals surface area contributed by atoms with E-state index in [2.05, 4.69) is 15.6 Å². The second-order valence-electron chi connectivity index (χ2n) is 3.66. The first-order valence-electron chi connectivity index (χ1n) is 5.21. The molecule has 0 aliphatic heterocycles. The first kappa shape index (κ1) is 13.4. The highest BCUT2D eigenvalue weighted by Gasteiger charge is 2.24. The van der Waals surface area contributed by atoms with E-state index < -0.39 is 27.4 Å². The Morgan fingerprint density at radius 3 is 2.40 bits per heavy atom. The van der Waals surface area contributed by atoms with Crippen molar-refractivity contribution in [2.75, 3.05) is 5.43 Å². The Balaban J connectivity index is 2.35. The number of benzene rings is 1. The molecule has 11 heteroatoms. The highest BCUT2D eigenvalue weighted by molar-refractivity contribution is 5.50. The van der Waals surface area contributed by atoms with Gasteiger partial charge in [-0.3, -0.25) is 25.7 Å². The molecule has 2 N–H and O–H groups in total. The van der Waals surface area contributed by atoms with Gasteiger partial charge in [0.1, 0.15) is 12.7 Å². The molecule has 1 atom stereocenters. The van der Waals surface area contributed by atoms with E-state index in [9.17, 15) is 25.3 Å². The zero-order valence-electron chi connectivity index (χ0n) is 9.78. The maximum Gasteiger partial charge on any atom is 0.284 e. The predicted octanol–water partition coefficient (Wildman–Crippen LogP) is 0.329. The van der Waals surface area contributed by atoms with E-state index in [0.717, 1.165) is 18.2 Å². The molecule has 0 bridgehead atoms. The van der Waals surface area contributed by atoms with Crippen LogP contribution in [0.4, 0.5) is 11.4 Å². The fraction of sp³-hybridized carbons (Fsp3) is 0.111. The van der Waals surface area contributed by atoms with Crippen LogP contribution in [-0.2, 0) is 0 Å². The lowest BCUT2D eigenvalue weighted by Gasteiger charge is -2.14. The van der Waals surface area contributed by atoms with Crippen molar-refractivity contribution in [3.8, 4) is 0 Å². The van der Waals surface area contributed by atoms with Crippen LogP contribution in [0, 0.1) is 20.2 Å². The summed E-state index contributed by atoms with van der Waals surface area (Å²) < 4.78 is 1.19. The number of nitrogens with one attached hydrogen (secondary N) is 1. The van der Waals surface area contributed by atoms with Gasteiger partial charge in [-0.05, 0) is 6.07 Å². The molecule has 0 fully saturated rings. The summed E-state index contributed by atoms with van der Waals surface area (Å²) in [5.41, 5.74) is 1.34. The van der Waals surface area contributed by atoms with Crippen LogP contribution in [0.25, 0.3) is 0 Å². The lowest BCUT2D eigenvalue weighted by molar-refractivity contribution is -0.394. The fourth-order valence-corrected chi connectivity index (χ4v) is 1.51. The van der Waals surface area contributed by atoms with Gasteiger partial charge < -0.3 is 5.11 Å². The van der Waals surface area contributed by atoms with E-state index in [1.165, 1.54) is 17.3 Å². The summed E-state index contributed by atoms with van der Waals surface area (Å²) in [5.74, 6) is 0. The lowest BCUT2D eigenvalue weighted by Crippen LogP contribution is -2.20. The maximum absolute atomic E-state index is 10.9. The Bertz CT molecular complexity index is 642. The molecule has 0 saturated heterocycles. The third-order valence-corrected chi connectivity index (χ3v) is 2.41. The molecule has 11 nitrogen and oxygen atoms in total. The predicted molar refractivity (Wildman–Crippen MR) is 64.1 cm³/mol. The first-order chi connectivity index (χ1) is 9.49. The number of non-ortho nitro benzene ring substituents is 1. The second kappa shape index (κ2) is 5.27. The first-order valence-corrected chi connectivity index (χ1v) is 5.21. The molecule has 0 spiro atoms. The molecule has 0 saturated carbocycles. The average Bonchev–Trinajstić information content (AvgIpc) is 2.90. The van der Waals surface area contributed by atoms with E-state index in [-0.39, 0.29) is 5.56 Å². The van der Waals surface area contributed by atoms with Crippen LogP contribution in [0.3, 0.4) is 0 Å². The minimum Gasteiger partial charge on any atom is -0.368 e. The van der Waals surface area contributed by atoms with Gasteiger partial charge >= 0.3 is 0 Å². The molecule has 20 heavy (non-hydrogen) atoms. The van der Waals surface area contributed by atoms with E-state index in [0.29, 0.717) is 0 Å². The largest absolute Gasteiger partial charge is 0.368 e. The third kappa shape index (κ3) is 2.67. The van der Waals surface area contributed by atoms with Crippen molar-refractivity contribution in [2.24, 2.45) is 0 Å². The number of nitro groups is 2. The number of rotatable bonds is 5. The van der Waals surface area contributed by atoms with Crippen molar-refractivity contribution < 1.29 is 15.0 Å². The van der Waals surface area contributed by atoms with Gasteiger partial charge in [0.2, 0.25) is 0 Å². The summed E-state index contributed by atoms with van der Waals surface area (Å²) in [5, 5.41) is 38.4. The Morgan fingerprint density at radius 1 is 1.20 bits per heavy atom. The molecule has 1 heterocycles. The summed E-state index contributed by atoms with van der Waals surface area (Å²) in [7, 11) is 0. The van der Waals surface area contributed by atoms with Gasteiger partial charge in [-0.1, -0.05) is 0 Å². The van der Waals surface area contributed by atoms with Crippen LogP contribution in [0.1, 0.15) is 11.8 Å². The normalized spacial score (nSPS) is 11.8. The smallest absolute Gasteiger partial charge is 0.284 e. The summed E-state index contributed by atoms with van der Waals surface area (Å²) >= 11 is 0. The van der Waals surface area contributed by atoms with Gasteiger partial charge in [-0.25, -0.2) is 4.68 Å². The van der Waals surface area contributed by atoms with Gasteiger partial charge in [0.15, 0.2) is 6.23 Å². The molecular formula is C9H8N6O5. The zero-order valence-corrected chi connectivity index (χ0v) is 9.78. The third-order valence-electron chi connectivity index (χ3n) is 2.41. The van der Waals surface area contributed by atoms with Gasteiger partial charge in [0.25, 0.3) is 11.4 Å². The highest BCUT2D eigenvalue weighted by Crippen LogP contribution is 2.28.